The van der Waals surface area contributed by atoms with Gasteiger partial charge < -0.3 is 15.2 Å². The van der Waals surface area contributed by atoms with Crippen molar-refractivity contribution in [1.29, 1.82) is 0 Å². The van der Waals surface area contributed by atoms with Gasteiger partial charge in [0, 0.05) is 18.6 Å². The quantitative estimate of drug-likeness (QED) is 0.928. The summed E-state index contributed by atoms with van der Waals surface area (Å²) in [6.07, 6.45) is 1.05. The summed E-state index contributed by atoms with van der Waals surface area (Å²) >= 11 is 3.47. The molecule has 4 heteroatoms. The van der Waals surface area contributed by atoms with Crippen LogP contribution >= 0.6 is 15.9 Å². The number of nitrogens with two attached hydrogens (primary N) is 1. The molecule has 2 unspecified atom stereocenters. The highest BCUT2D eigenvalue weighted by atomic mass is 79.9. The van der Waals surface area contributed by atoms with Crippen LogP contribution in [-0.2, 0) is 4.74 Å². The SMILES string of the molecule is COc1ccc(C(N)C2CCOC2)cc1Br. The summed E-state index contributed by atoms with van der Waals surface area (Å²) in [5.41, 5.74) is 7.35. The van der Waals surface area contributed by atoms with E-state index in [0.29, 0.717) is 5.92 Å². The van der Waals surface area contributed by atoms with Crippen LogP contribution in [0.5, 0.6) is 5.75 Å². The van der Waals surface area contributed by atoms with E-state index in [2.05, 4.69) is 15.9 Å². The average molecular weight is 286 g/mol. The Kier molecular flexibility index (Phi) is 3.84. The van der Waals surface area contributed by atoms with Crippen molar-refractivity contribution >= 4 is 15.9 Å². The highest BCUT2D eigenvalue weighted by Crippen LogP contribution is 2.32. The topological polar surface area (TPSA) is 44.5 Å². The number of halogens is 1. The van der Waals surface area contributed by atoms with Gasteiger partial charge in [-0.2, -0.15) is 0 Å². The van der Waals surface area contributed by atoms with Gasteiger partial charge >= 0.3 is 0 Å². The van der Waals surface area contributed by atoms with E-state index in [9.17, 15) is 0 Å². The third kappa shape index (κ3) is 2.39. The molecule has 2 atom stereocenters. The summed E-state index contributed by atoms with van der Waals surface area (Å²) < 4.78 is 11.5. The fraction of sp³-hybridized carbons (Fsp3) is 0.500. The minimum Gasteiger partial charge on any atom is -0.496 e. The molecule has 1 aliphatic heterocycles. The summed E-state index contributed by atoms with van der Waals surface area (Å²) in [6, 6.07) is 6.04. The fourth-order valence-electron chi connectivity index (χ4n) is 2.00. The molecule has 0 aromatic heterocycles. The molecule has 2 N–H and O–H groups in total. The van der Waals surface area contributed by atoms with Gasteiger partial charge in [-0.15, -0.1) is 0 Å². The minimum absolute atomic E-state index is 0.0460. The van der Waals surface area contributed by atoms with E-state index in [0.717, 1.165) is 35.4 Å². The molecule has 1 saturated heterocycles. The first-order valence-corrected chi connectivity index (χ1v) is 6.18. The van der Waals surface area contributed by atoms with Gasteiger partial charge in [-0.1, -0.05) is 6.07 Å². The first-order valence-electron chi connectivity index (χ1n) is 5.39. The highest BCUT2D eigenvalue weighted by Gasteiger charge is 2.24. The number of ether oxygens (including phenoxy) is 2. The molecule has 3 nitrogen and oxygen atoms in total. The fourth-order valence-corrected chi connectivity index (χ4v) is 2.56. The van der Waals surface area contributed by atoms with Crippen LogP contribution in [0.1, 0.15) is 18.0 Å². The lowest BCUT2D eigenvalue weighted by atomic mass is 9.93. The van der Waals surface area contributed by atoms with E-state index >= 15 is 0 Å². The zero-order valence-electron chi connectivity index (χ0n) is 9.28. The molecule has 0 spiro atoms. The minimum atomic E-state index is 0.0460. The van der Waals surface area contributed by atoms with Crippen LogP contribution in [0.15, 0.2) is 22.7 Å². The second-order valence-corrected chi connectivity index (χ2v) is 4.90. The molecular formula is C12H16BrNO2. The molecule has 0 aliphatic carbocycles. The second-order valence-electron chi connectivity index (χ2n) is 4.04. The lowest BCUT2D eigenvalue weighted by Gasteiger charge is -2.18. The molecule has 1 aliphatic rings. The molecule has 1 aromatic rings. The average Bonchev–Trinajstić information content (AvgIpc) is 2.81. The molecular weight excluding hydrogens is 270 g/mol. The first kappa shape index (κ1) is 11.9. The Balaban J connectivity index is 2.16. The largest absolute Gasteiger partial charge is 0.496 e. The van der Waals surface area contributed by atoms with Crippen molar-refractivity contribution in [1.82, 2.24) is 0 Å². The Labute approximate surface area is 104 Å². The molecule has 16 heavy (non-hydrogen) atoms. The van der Waals surface area contributed by atoms with Gasteiger partial charge in [0.1, 0.15) is 5.75 Å². The number of hydrogen-bond donors (Lipinski definition) is 1. The summed E-state index contributed by atoms with van der Waals surface area (Å²) in [7, 11) is 1.66. The van der Waals surface area contributed by atoms with E-state index in [1.165, 1.54) is 0 Å². The van der Waals surface area contributed by atoms with Gasteiger partial charge in [0.25, 0.3) is 0 Å². The van der Waals surface area contributed by atoms with Crippen molar-refractivity contribution in [3.63, 3.8) is 0 Å². The molecule has 1 aromatic carbocycles. The Morgan fingerprint density at radius 3 is 2.94 bits per heavy atom. The maximum atomic E-state index is 6.22. The van der Waals surface area contributed by atoms with Crippen molar-refractivity contribution in [3.05, 3.63) is 28.2 Å². The van der Waals surface area contributed by atoms with Gasteiger partial charge in [0.2, 0.25) is 0 Å². The molecule has 2 rings (SSSR count). The van der Waals surface area contributed by atoms with Crippen molar-refractivity contribution in [3.8, 4) is 5.75 Å². The van der Waals surface area contributed by atoms with Crippen LogP contribution in [0.25, 0.3) is 0 Å². The third-order valence-electron chi connectivity index (χ3n) is 3.03. The summed E-state index contributed by atoms with van der Waals surface area (Å²) in [5, 5.41) is 0. The molecule has 0 radical (unpaired) electrons. The lowest BCUT2D eigenvalue weighted by molar-refractivity contribution is 0.181. The molecule has 1 heterocycles. The molecule has 88 valence electrons. The zero-order chi connectivity index (χ0) is 11.5. The van der Waals surface area contributed by atoms with Crippen LogP contribution in [0.3, 0.4) is 0 Å². The Morgan fingerprint density at radius 1 is 1.56 bits per heavy atom. The zero-order valence-corrected chi connectivity index (χ0v) is 10.9. The standard InChI is InChI=1S/C12H16BrNO2/c1-15-11-3-2-8(6-10(11)13)12(14)9-4-5-16-7-9/h2-3,6,9,12H,4-5,7,14H2,1H3. The molecule has 0 saturated carbocycles. The molecule has 0 bridgehead atoms. The van der Waals surface area contributed by atoms with Crippen LogP contribution in [0.2, 0.25) is 0 Å². The number of methoxy groups -OCH3 is 1. The van der Waals surface area contributed by atoms with Crippen molar-refractivity contribution < 1.29 is 9.47 Å². The van der Waals surface area contributed by atoms with E-state index < -0.39 is 0 Å². The maximum absolute atomic E-state index is 6.22. The van der Waals surface area contributed by atoms with Gasteiger partial charge in [-0.25, -0.2) is 0 Å². The van der Waals surface area contributed by atoms with Crippen molar-refractivity contribution in [2.75, 3.05) is 20.3 Å². The third-order valence-corrected chi connectivity index (χ3v) is 3.65. The lowest BCUT2D eigenvalue weighted by Crippen LogP contribution is -2.21. The van der Waals surface area contributed by atoms with Gasteiger partial charge in [-0.3, -0.25) is 0 Å². The van der Waals surface area contributed by atoms with E-state index in [-0.39, 0.29) is 6.04 Å². The number of rotatable bonds is 3. The Bertz CT molecular complexity index is 364. The first-order chi connectivity index (χ1) is 7.72. The number of hydrogen-bond acceptors (Lipinski definition) is 3. The van der Waals surface area contributed by atoms with Crippen LogP contribution < -0.4 is 10.5 Å². The Morgan fingerprint density at radius 2 is 2.38 bits per heavy atom. The van der Waals surface area contributed by atoms with Gasteiger partial charge in [-0.05, 0) is 40.0 Å². The molecule has 0 amide bonds. The van der Waals surface area contributed by atoms with Crippen molar-refractivity contribution in [2.24, 2.45) is 11.7 Å². The summed E-state index contributed by atoms with van der Waals surface area (Å²) in [5.74, 6) is 1.26. The van der Waals surface area contributed by atoms with Gasteiger partial charge in [0.05, 0.1) is 18.2 Å². The molecule has 1 fully saturated rings. The second kappa shape index (κ2) is 5.17. The monoisotopic (exact) mass is 285 g/mol. The summed E-state index contributed by atoms with van der Waals surface area (Å²) in [6.45, 7) is 1.60. The normalized spacial score (nSPS) is 22.1. The highest BCUT2D eigenvalue weighted by molar-refractivity contribution is 9.10. The predicted octanol–water partition coefficient (Wildman–Crippen LogP) is 2.49. The number of benzene rings is 1. The van der Waals surface area contributed by atoms with E-state index in [1.807, 2.05) is 18.2 Å². The van der Waals surface area contributed by atoms with Crippen molar-refractivity contribution in [2.45, 2.75) is 12.5 Å². The predicted molar refractivity (Wildman–Crippen MR) is 66.5 cm³/mol. The van der Waals surface area contributed by atoms with Gasteiger partial charge in [0.15, 0.2) is 0 Å². The smallest absolute Gasteiger partial charge is 0.133 e. The van der Waals surface area contributed by atoms with Crippen LogP contribution in [0.4, 0.5) is 0 Å². The van der Waals surface area contributed by atoms with E-state index in [4.69, 9.17) is 15.2 Å². The van der Waals surface area contributed by atoms with E-state index in [1.54, 1.807) is 7.11 Å². The van der Waals surface area contributed by atoms with Crippen LogP contribution in [-0.4, -0.2) is 20.3 Å². The summed E-state index contributed by atoms with van der Waals surface area (Å²) in [4.78, 5) is 0. The maximum Gasteiger partial charge on any atom is 0.133 e. The van der Waals surface area contributed by atoms with Crippen LogP contribution in [0, 0.1) is 5.92 Å². The Hall–Kier alpha value is -0.580.